The Balaban J connectivity index is 0.000000170. The average Bonchev–Trinajstić information content (AvgIpc) is 2.74. The van der Waals surface area contributed by atoms with Crippen molar-refractivity contribution >= 4 is 45.6 Å². The zero-order valence-electron chi connectivity index (χ0n) is 16.3. The largest absolute Gasteiger partial charge is 0.424 e. The number of para-hydroxylation sites is 1. The molecule has 0 bridgehead atoms. The zero-order chi connectivity index (χ0) is 21.1. The van der Waals surface area contributed by atoms with Gasteiger partial charge in [0.25, 0.3) is 0 Å². The fourth-order valence-corrected chi connectivity index (χ4v) is 2.71. The molecule has 0 aromatic heterocycles. The van der Waals surface area contributed by atoms with Crippen molar-refractivity contribution in [2.45, 2.75) is 0 Å². The van der Waals surface area contributed by atoms with Gasteiger partial charge in [0.2, 0.25) is 0 Å². The standard InChI is InChI=1S/C11H11NOS.C6H8N2.C6H7N/c1-14-13-10-7-6-8-4-2-3-5-9(8)11(10)12;7-5-1-2-6(8)4-3-5;7-6-4-2-1-3-5-6/h2-7H,12H2,1H3;1-4H,7-8H2;1-5H,7H2. The molecule has 6 heteroatoms. The highest BCUT2D eigenvalue weighted by Crippen LogP contribution is 2.31. The van der Waals surface area contributed by atoms with Crippen molar-refractivity contribution in [3.05, 3.63) is 91.0 Å². The molecule has 29 heavy (non-hydrogen) atoms. The lowest BCUT2D eigenvalue weighted by molar-refractivity contribution is 0.654. The number of nitrogens with two attached hydrogens (primary N) is 4. The third kappa shape index (κ3) is 7.20. The molecule has 4 aromatic carbocycles. The van der Waals surface area contributed by atoms with Crippen LogP contribution in [0.25, 0.3) is 10.8 Å². The Hall–Kier alpha value is -3.51. The van der Waals surface area contributed by atoms with Crippen LogP contribution in [-0.4, -0.2) is 6.26 Å². The Morgan fingerprint density at radius 2 is 1.10 bits per heavy atom. The van der Waals surface area contributed by atoms with Crippen molar-refractivity contribution in [2.24, 2.45) is 0 Å². The topological polar surface area (TPSA) is 113 Å². The van der Waals surface area contributed by atoms with E-state index < -0.39 is 0 Å². The van der Waals surface area contributed by atoms with E-state index in [1.54, 1.807) is 24.3 Å². The van der Waals surface area contributed by atoms with Crippen LogP contribution in [0.4, 0.5) is 22.7 Å². The van der Waals surface area contributed by atoms with E-state index in [4.69, 9.17) is 27.1 Å². The maximum absolute atomic E-state index is 5.97. The van der Waals surface area contributed by atoms with E-state index in [1.807, 2.05) is 73.0 Å². The molecule has 0 spiro atoms. The van der Waals surface area contributed by atoms with Crippen LogP contribution in [0.1, 0.15) is 0 Å². The second kappa shape index (κ2) is 11.4. The molecule has 0 fully saturated rings. The van der Waals surface area contributed by atoms with Crippen molar-refractivity contribution in [1.82, 2.24) is 0 Å². The van der Waals surface area contributed by atoms with E-state index in [2.05, 4.69) is 0 Å². The minimum absolute atomic E-state index is 0.706. The van der Waals surface area contributed by atoms with E-state index in [0.29, 0.717) is 5.69 Å². The number of rotatable bonds is 2. The summed E-state index contributed by atoms with van der Waals surface area (Å²) in [6, 6.07) is 28.5. The monoisotopic (exact) mass is 406 g/mol. The quantitative estimate of drug-likeness (QED) is 0.269. The van der Waals surface area contributed by atoms with Crippen LogP contribution in [-0.2, 0) is 0 Å². The molecule has 0 saturated carbocycles. The number of hydrogen-bond donors (Lipinski definition) is 4. The summed E-state index contributed by atoms with van der Waals surface area (Å²) in [4.78, 5) is 0. The first kappa shape index (κ1) is 21.8. The van der Waals surface area contributed by atoms with Crippen LogP contribution in [0.15, 0.2) is 91.0 Å². The van der Waals surface area contributed by atoms with Gasteiger partial charge in [-0.2, -0.15) is 0 Å². The smallest absolute Gasteiger partial charge is 0.160 e. The molecule has 5 nitrogen and oxygen atoms in total. The predicted octanol–water partition coefficient (Wildman–Crippen LogP) is 5.20. The van der Waals surface area contributed by atoms with Crippen LogP contribution < -0.4 is 27.1 Å². The van der Waals surface area contributed by atoms with Crippen LogP contribution in [0.5, 0.6) is 5.75 Å². The molecule has 0 radical (unpaired) electrons. The second-order valence-corrected chi connectivity index (χ2v) is 6.53. The van der Waals surface area contributed by atoms with Crippen molar-refractivity contribution in [1.29, 1.82) is 0 Å². The van der Waals surface area contributed by atoms with Crippen molar-refractivity contribution in [3.8, 4) is 5.75 Å². The first-order valence-electron chi connectivity index (χ1n) is 8.90. The van der Waals surface area contributed by atoms with Gasteiger partial charge in [-0.15, -0.1) is 0 Å². The van der Waals surface area contributed by atoms with Crippen LogP contribution in [0.2, 0.25) is 0 Å². The fraction of sp³-hybridized carbons (Fsp3) is 0.0435. The number of benzene rings is 4. The Kier molecular flexibility index (Phi) is 8.53. The fourth-order valence-electron chi connectivity index (χ4n) is 2.39. The minimum Gasteiger partial charge on any atom is -0.424 e. The van der Waals surface area contributed by atoms with Gasteiger partial charge in [0, 0.05) is 28.7 Å². The van der Waals surface area contributed by atoms with Crippen LogP contribution in [0.3, 0.4) is 0 Å². The van der Waals surface area contributed by atoms with Gasteiger partial charge in [0.15, 0.2) is 5.75 Å². The second-order valence-electron chi connectivity index (χ2n) is 6.03. The maximum atomic E-state index is 5.97. The summed E-state index contributed by atoms with van der Waals surface area (Å²) in [7, 11) is 0. The molecule has 0 amide bonds. The normalized spacial score (nSPS) is 9.55. The van der Waals surface area contributed by atoms with Gasteiger partial charge in [-0.3, -0.25) is 0 Å². The summed E-state index contributed by atoms with van der Waals surface area (Å²) in [5.41, 5.74) is 25.1. The molecule has 0 heterocycles. The Labute approximate surface area is 175 Å². The molecule has 0 aliphatic carbocycles. The Bertz CT molecular complexity index is 987. The van der Waals surface area contributed by atoms with Crippen molar-refractivity contribution < 1.29 is 4.18 Å². The molecule has 8 N–H and O–H groups in total. The third-order valence-corrected chi connectivity index (χ3v) is 4.19. The minimum atomic E-state index is 0.706. The lowest BCUT2D eigenvalue weighted by Crippen LogP contribution is -1.91. The first-order valence-corrected chi connectivity index (χ1v) is 10.1. The number of hydrogen-bond acceptors (Lipinski definition) is 6. The van der Waals surface area contributed by atoms with E-state index in [9.17, 15) is 0 Å². The number of fused-ring (bicyclic) bond motifs is 1. The van der Waals surface area contributed by atoms with Gasteiger partial charge >= 0.3 is 0 Å². The molecule has 0 aliphatic heterocycles. The highest BCUT2D eigenvalue weighted by atomic mass is 32.2. The van der Waals surface area contributed by atoms with E-state index in [-0.39, 0.29) is 0 Å². The summed E-state index contributed by atoms with van der Waals surface area (Å²) < 4.78 is 5.34. The van der Waals surface area contributed by atoms with Gasteiger partial charge in [-0.05, 0) is 47.9 Å². The summed E-state index contributed by atoms with van der Waals surface area (Å²) in [5.74, 6) is 0.733. The van der Waals surface area contributed by atoms with Gasteiger partial charge < -0.3 is 27.1 Å². The molecule has 0 atom stereocenters. The lowest BCUT2D eigenvalue weighted by Gasteiger charge is -2.07. The Morgan fingerprint density at radius 3 is 1.62 bits per heavy atom. The van der Waals surface area contributed by atoms with Crippen molar-refractivity contribution in [2.75, 3.05) is 29.2 Å². The summed E-state index contributed by atoms with van der Waals surface area (Å²) in [5, 5.41) is 2.18. The predicted molar refractivity (Wildman–Crippen MR) is 129 cm³/mol. The maximum Gasteiger partial charge on any atom is 0.160 e. The molecule has 4 rings (SSSR count). The average molecular weight is 407 g/mol. The van der Waals surface area contributed by atoms with Crippen molar-refractivity contribution in [3.63, 3.8) is 0 Å². The summed E-state index contributed by atoms with van der Waals surface area (Å²) >= 11 is 1.30. The molecular weight excluding hydrogens is 380 g/mol. The summed E-state index contributed by atoms with van der Waals surface area (Å²) in [6.45, 7) is 0. The van der Waals surface area contributed by atoms with Crippen LogP contribution in [0, 0.1) is 0 Å². The lowest BCUT2D eigenvalue weighted by atomic mass is 10.1. The molecule has 0 aliphatic rings. The van der Waals surface area contributed by atoms with E-state index >= 15 is 0 Å². The van der Waals surface area contributed by atoms with Gasteiger partial charge in [0.1, 0.15) is 0 Å². The molecule has 150 valence electrons. The SMILES string of the molecule is CSOc1ccc2ccccc2c1N.Nc1ccc(N)cc1.Nc1ccccc1. The number of nitrogen functional groups attached to an aromatic ring is 4. The molecule has 4 aromatic rings. The van der Waals surface area contributed by atoms with Crippen LogP contribution >= 0.6 is 12.0 Å². The molecule has 0 unspecified atom stereocenters. The van der Waals surface area contributed by atoms with Gasteiger partial charge in [-0.1, -0.05) is 48.5 Å². The third-order valence-electron chi connectivity index (χ3n) is 3.84. The van der Waals surface area contributed by atoms with Gasteiger partial charge in [0.05, 0.1) is 17.7 Å². The van der Waals surface area contributed by atoms with Gasteiger partial charge in [-0.25, -0.2) is 0 Å². The highest BCUT2D eigenvalue weighted by Gasteiger charge is 2.04. The Morgan fingerprint density at radius 1 is 0.586 bits per heavy atom. The summed E-state index contributed by atoms with van der Waals surface area (Å²) in [6.07, 6.45) is 1.87. The molecular formula is C23H26N4OS. The first-order chi connectivity index (χ1) is 14.0. The number of anilines is 4. The van der Waals surface area contributed by atoms with E-state index in [0.717, 1.165) is 33.6 Å². The van der Waals surface area contributed by atoms with E-state index in [1.165, 1.54) is 12.0 Å². The zero-order valence-corrected chi connectivity index (χ0v) is 17.1. The highest BCUT2D eigenvalue weighted by molar-refractivity contribution is 7.94. The molecule has 0 saturated heterocycles.